The predicted molar refractivity (Wildman–Crippen MR) is 89.6 cm³/mol. The topological polar surface area (TPSA) is 89.7 Å². The van der Waals surface area contributed by atoms with E-state index in [-0.39, 0.29) is 22.9 Å². The van der Waals surface area contributed by atoms with Crippen LogP contribution >= 0.6 is 22.9 Å². The fourth-order valence-corrected chi connectivity index (χ4v) is 3.95. The van der Waals surface area contributed by atoms with Gasteiger partial charge in [-0.15, -0.1) is 11.3 Å². The summed E-state index contributed by atoms with van der Waals surface area (Å²) in [5.41, 5.74) is 0. The van der Waals surface area contributed by atoms with Crippen molar-refractivity contribution in [2.75, 3.05) is 20.2 Å². The Morgan fingerprint density at radius 1 is 1.39 bits per heavy atom. The number of nitrogens with zero attached hydrogens (tertiary/aromatic N) is 1. The zero-order valence-electron chi connectivity index (χ0n) is 12.2. The summed E-state index contributed by atoms with van der Waals surface area (Å²) in [6.07, 6.45) is 0. The van der Waals surface area contributed by atoms with Gasteiger partial charge in [0.25, 0.3) is 5.91 Å². The smallest absolute Gasteiger partial charge is 0.265 e. The number of amides is 1. The van der Waals surface area contributed by atoms with Gasteiger partial charge in [-0.2, -0.15) is 0 Å². The summed E-state index contributed by atoms with van der Waals surface area (Å²) in [7, 11) is -2.35. The number of thiophene rings is 1. The molecule has 0 fully saturated rings. The van der Waals surface area contributed by atoms with Gasteiger partial charge < -0.3 is 9.64 Å². The zero-order chi connectivity index (χ0) is 17.0. The van der Waals surface area contributed by atoms with E-state index in [0.717, 1.165) is 11.3 Å². The Balaban J connectivity index is 1.97. The molecule has 0 atom stereocenters. The maximum Gasteiger partial charge on any atom is 0.265 e. The normalized spacial score (nSPS) is 11.3. The summed E-state index contributed by atoms with van der Waals surface area (Å²) < 4.78 is 28.4. The van der Waals surface area contributed by atoms with Crippen LogP contribution in [0.25, 0.3) is 0 Å². The standard InChI is InChI=1S/C14H15ClN2O4S2/c1-17(6-7-21-11-4-2-3-10(15)9-11)14(18)13-12(5-8-22-13)23(16,19)20/h2-5,8-9H,6-7H2,1H3,(H2,16,19,20). The fourth-order valence-electron chi connectivity index (χ4n) is 1.81. The highest BCUT2D eigenvalue weighted by Crippen LogP contribution is 2.22. The number of hydrogen-bond acceptors (Lipinski definition) is 5. The molecule has 9 heteroatoms. The Labute approximate surface area is 143 Å². The fraction of sp³-hybridized carbons (Fsp3) is 0.214. The number of likely N-dealkylation sites (N-methyl/N-ethyl adjacent to an activating group) is 1. The number of ether oxygens (including phenoxy) is 1. The average molecular weight is 375 g/mol. The first-order valence-corrected chi connectivity index (χ1v) is 9.33. The molecule has 0 spiro atoms. The minimum atomic E-state index is -3.92. The van der Waals surface area contributed by atoms with Crippen LogP contribution in [0, 0.1) is 0 Å². The second-order valence-corrected chi connectivity index (χ2v) is 7.57. The molecular formula is C14H15ClN2O4S2. The second-order valence-electron chi connectivity index (χ2n) is 4.69. The van der Waals surface area contributed by atoms with Crippen LogP contribution < -0.4 is 9.88 Å². The Hall–Kier alpha value is -1.61. The van der Waals surface area contributed by atoms with Crippen molar-refractivity contribution in [3.8, 4) is 5.75 Å². The van der Waals surface area contributed by atoms with E-state index in [1.807, 2.05) is 0 Å². The molecule has 0 aliphatic heterocycles. The number of carbonyl (C=O) groups is 1. The van der Waals surface area contributed by atoms with Crippen LogP contribution in [-0.2, 0) is 10.0 Å². The third-order valence-electron chi connectivity index (χ3n) is 2.97. The zero-order valence-corrected chi connectivity index (χ0v) is 14.6. The lowest BCUT2D eigenvalue weighted by atomic mass is 10.3. The van der Waals surface area contributed by atoms with Crippen LogP contribution in [0.3, 0.4) is 0 Å². The Morgan fingerprint density at radius 2 is 2.13 bits per heavy atom. The summed E-state index contributed by atoms with van der Waals surface area (Å²) >= 11 is 6.89. The Kier molecular flexibility index (Phi) is 5.64. The van der Waals surface area contributed by atoms with E-state index in [0.29, 0.717) is 10.8 Å². The second kappa shape index (κ2) is 7.31. The number of nitrogens with two attached hydrogens (primary N) is 1. The third kappa shape index (κ3) is 4.68. The molecule has 1 aromatic carbocycles. The molecular weight excluding hydrogens is 360 g/mol. The van der Waals surface area contributed by atoms with E-state index in [2.05, 4.69) is 0 Å². The molecule has 2 N–H and O–H groups in total. The van der Waals surface area contributed by atoms with E-state index in [9.17, 15) is 13.2 Å². The maximum absolute atomic E-state index is 12.3. The van der Waals surface area contributed by atoms with Crippen LogP contribution in [0.2, 0.25) is 5.02 Å². The van der Waals surface area contributed by atoms with Gasteiger partial charge in [0, 0.05) is 12.1 Å². The van der Waals surface area contributed by atoms with Crippen LogP contribution in [0.1, 0.15) is 9.67 Å². The predicted octanol–water partition coefficient (Wildman–Crippen LogP) is 2.20. The average Bonchev–Trinajstić information content (AvgIpc) is 2.96. The monoisotopic (exact) mass is 374 g/mol. The van der Waals surface area contributed by atoms with Gasteiger partial charge in [0.15, 0.2) is 0 Å². The first-order valence-electron chi connectivity index (χ1n) is 6.53. The number of sulfonamides is 1. The van der Waals surface area contributed by atoms with E-state index >= 15 is 0 Å². The molecule has 0 aliphatic rings. The van der Waals surface area contributed by atoms with Crippen molar-refractivity contribution < 1.29 is 17.9 Å². The van der Waals surface area contributed by atoms with Crippen LogP contribution in [0.5, 0.6) is 5.75 Å². The highest BCUT2D eigenvalue weighted by molar-refractivity contribution is 7.89. The maximum atomic E-state index is 12.3. The van der Waals surface area contributed by atoms with Gasteiger partial charge in [0.05, 0.1) is 6.54 Å². The molecule has 0 saturated heterocycles. The van der Waals surface area contributed by atoms with Crippen LogP contribution in [0.4, 0.5) is 0 Å². The number of benzene rings is 1. The molecule has 0 unspecified atom stereocenters. The van der Waals surface area contributed by atoms with Gasteiger partial charge in [0.1, 0.15) is 22.1 Å². The molecule has 0 bridgehead atoms. The van der Waals surface area contributed by atoms with Gasteiger partial charge in [-0.05, 0) is 29.6 Å². The number of hydrogen-bond donors (Lipinski definition) is 1. The van der Waals surface area contributed by atoms with Crippen molar-refractivity contribution in [3.05, 3.63) is 45.6 Å². The summed E-state index contributed by atoms with van der Waals surface area (Å²) in [5, 5.41) is 7.18. The van der Waals surface area contributed by atoms with Gasteiger partial charge >= 0.3 is 0 Å². The number of carbonyl (C=O) groups excluding carboxylic acids is 1. The minimum Gasteiger partial charge on any atom is -0.492 e. The lowest BCUT2D eigenvalue weighted by Gasteiger charge is -2.17. The lowest BCUT2D eigenvalue weighted by Crippen LogP contribution is -2.31. The first kappa shape index (κ1) is 17.7. The molecule has 2 rings (SSSR count). The van der Waals surface area contributed by atoms with Crippen molar-refractivity contribution in [2.24, 2.45) is 5.14 Å². The molecule has 0 saturated carbocycles. The molecule has 0 aliphatic carbocycles. The van der Waals surface area contributed by atoms with E-state index < -0.39 is 15.9 Å². The van der Waals surface area contributed by atoms with Crippen molar-refractivity contribution in [1.82, 2.24) is 4.90 Å². The molecule has 23 heavy (non-hydrogen) atoms. The third-order valence-corrected chi connectivity index (χ3v) is 5.19. The summed E-state index contributed by atoms with van der Waals surface area (Å²) in [6.45, 7) is 0.534. The molecule has 1 aromatic heterocycles. The van der Waals surface area contributed by atoms with Crippen molar-refractivity contribution in [1.29, 1.82) is 0 Å². The summed E-state index contributed by atoms with van der Waals surface area (Å²) in [4.78, 5) is 13.6. The quantitative estimate of drug-likeness (QED) is 0.839. The number of primary sulfonamides is 1. The number of rotatable bonds is 6. The van der Waals surface area contributed by atoms with Crippen molar-refractivity contribution >= 4 is 38.9 Å². The van der Waals surface area contributed by atoms with Gasteiger partial charge in [-0.3, -0.25) is 4.79 Å². The molecule has 2 aromatic rings. The van der Waals surface area contributed by atoms with Crippen molar-refractivity contribution in [3.63, 3.8) is 0 Å². The Morgan fingerprint density at radius 3 is 2.78 bits per heavy atom. The van der Waals surface area contributed by atoms with E-state index in [1.165, 1.54) is 16.3 Å². The lowest BCUT2D eigenvalue weighted by molar-refractivity contribution is 0.0775. The van der Waals surface area contributed by atoms with E-state index in [1.54, 1.807) is 31.3 Å². The molecule has 1 amide bonds. The van der Waals surface area contributed by atoms with Gasteiger partial charge in [0.2, 0.25) is 10.0 Å². The largest absolute Gasteiger partial charge is 0.492 e. The minimum absolute atomic E-state index is 0.0951. The van der Waals surface area contributed by atoms with Gasteiger partial charge in [-0.25, -0.2) is 13.6 Å². The van der Waals surface area contributed by atoms with E-state index in [4.69, 9.17) is 21.5 Å². The van der Waals surface area contributed by atoms with Crippen molar-refractivity contribution in [2.45, 2.75) is 4.90 Å². The molecule has 0 radical (unpaired) electrons. The van der Waals surface area contributed by atoms with Crippen LogP contribution in [0.15, 0.2) is 40.6 Å². The SMILES string of the molecule is CN(CCOc1cccc(Cl)c1)C(=O)c1sccc1S(N)(=O)=O. The highest BCUT2D eigenvalue weighted by atomic mass is 35.5. The van der Waals surface area contributed by atoms with Crippen LogP contribution in [-0.4, -0.2) is 39.4 Å². The summed E-state index contributed by atoms with van der Waals surface area (Å²) in [6, 6.07) is 8.24. The van der Waals surface area contributed by atoms with Gasteiger partial charge in [-0.1, -0.05) is 17.7 Å². The number of halogens is 1. The molecule has 124 valence electrons. The first-order chi connectivity index (χ1) is 10.8. The Bertz CT molecular complexity index is 805. The molecule has 6 nitrogen and oxygen atoms in total. The highest BCUT2D eigenvalue weighted by Gasteiger charge is 2.23. The summed E-state index contributed by atoms with van der Waals surface area (Å²) in [5.74, 6) is 0.179. The molecule has 1 heterocycles.